The normalized spacial score (nSPS) is 13.1. The van der Waals surface area contributed by atoms with Gasteiger partial charge in [-0.15, -0.1) is 0 Å². The minimum Gasteiger partial charge on any atom is -0.462 e. The van der Waals surface area contributed by atoms with Crippen LogP contribution in [-0.2, 0) is 28.6 Å². The number of allylic oxidation sites excluding steroid dienone is 26. The first-order valence-electron chi connectivity index (χ1n) is 34.0. The Morgan fingerprint density at radius 2 is 0.470 bits per heavy atom. The lowest BCUT2D eigenvalue weighted by Crippen LogP contribution is -2.30. The summed E-state index contributed by atoms with van der Waals surface area (Å²) < 4.78 is 16.9. The number of rotatable bonds is 60. The van der Waals surface area contributed by atoms with Gasteiger partial charge in [0.15, 0.2) is 6.10 Å². The van der Waals surface area contributed by atoms with Crippen molar-refractivity contribution in [1.82, 2.24) is 0 Å². The Hall–Kier alpha value is -4.97. The predicted molar refractivity (Wildman–Crippen MR) is 362 cm³/mol. The van der Waals surface area contributed by atoms with Crippen molar-refractivity contribution in [2.45, 2.75) is 297 Å². The Morgan fingerprint density at radius 3 is 0.759 bits per heavy atom. The maximum absolute atomic E-state index is 12.9. The van der Waals surface area contributed by atoms with Gasteiger partial charge in [-0.2, -0.15) is 0 Å². The van der Waals surface area contributed by atoms with E-state index in [0.29, 0.717) is 25.7 Å². The molecule has 0 radical (unpaired) electrons. The zero-order valence-electron chi connectivity index (χ0n) is 53.7. The number of unbranched alkanes of at least 4 members (excludes halogenated alkanes) is 23. The van der Waals surface area contributed by atoms with Gasteiger partial charge in [0.25, 0.3) is 0 Å². The van der Waals surface area contributed by atoms with Crippen LogP contribution in [0, 0.1) is 0 Å². The molecule has 0 aromatic carbocycles. The van der Waals surface area contributed by atoms with Gasteiger partial charge in [-0.05, 0) is 128 Å². The molecule has 0 N–H and O–H groups in total. The molecule has 0 fully saturated rings. The van der Waals surface area contributed by atoms with Crippen molar-refractivity contribution < 1.29 is 28.6 Å². The number of hydrogen-bond donors (Lipinski definition) is 0. The van der Waals surface area contributed by atoms with E-state index in [9.17, 15) is 14.4 Å². The molecule has 0 amide bonds. The summed E-state index contributed by atoms with van der Waals surface area (Å²) in [5, 5.41) is 0. The third kappa shape index (κ3) is 67.7. The molecule has 0 aliphatic carbocycles. The fraction of sp³-hybridized carbons (Fsp3) is 0.623. The van der Waals surface area contributed by atoms with E-state index in [2.05, 4.69) is 179 Å². The number of esters is 3. The van der Waals surface area contributed by atoms with E-state index < -0.39 is 6.10 Å². The maximum Gasteiger partial charge on any atom is 0.306 e. The summed E-state index contributed by atoms with van der Waals surface area (Å²) >= 11 is 0. The second-order valence-electron chi connectivity index (χ2n) is 22.0. The van der Waals surface area contributed by atoms with E-state index in [1.54, 1.807) is 0 Å². The monoisotopic (exact) mass is 1140 g/mol. The van der Waals surface area contributed by atoms with Crippen molar-refractivity contribution in [2.24, 2.45) is 0 Å². The Balaban J connectivity index is 4.42. The first-order chi connectivity index (χ1) is 41.0. The third-order valence-corrected chi connectivity index (χ3v) is 14.0. The minimum atomic E-state index is -0.810. The van der Waals surface area contributed by atoms with E-state index in [4.69, 9.17) is 14.2 Å². The number of hydrogen-bond acceptors (Lipinski definition) is 6. The Kier molecular flexibility index (Phi) is 65.4. The minimum absolute atomic E-state index is 0.104. The molecule has 0 saturated heterocycles. The highest BCUT2D eigenvalue weighted by atomic mass is 16.6. The topological polar surface area (TPSA) is 78.9 Å². The highest BCUT2D eigenvalue weighted by Gasteiger charge is 2.19. The van der Waals surface area contributed by atoms with Crippen LogP contribution in [0.15, 0.2) is 158 Å². The molecule has 0 aliphatic rings. The fourth-order valence-electron chi connectivity index (χ4n) is 9.01. The van der Waals surface area contributed by atoms with Gasteiger partial charge in [0.05, 0.1) is 0 Å². The van der Waals surface area contributed by atoms with E-state index >= 15 is 0 Å². The van der Waals surface area contributed by atoms with Gasteiger partial charge in [-0.1, -0.05) is 301 Å². The maximum atomic E-state index is 12.9. The smallest absolute Gasteiger partial charge is 0.306 e. The Bertz CT molecular complexity index is 1840. The predicted octanol–water partition coefficient (Wildman–Crippen LogP) is 23.7. The summed E-state index contributed by atoms with van der Waals surface area (Å²) in [6.45, 7) is 6.38. The molecule has 83 heavy (non-hydrogen) atoms. The van der Waals surface area contributed by atoms with Gasteiger partial charge in [0.2, 0.25) is 0 Å². The molecular formula is C77H124O6. The van der Waals surface area contributed by atoms with Gasteiger partial charge < -0.3 is 14.2 Å². The first kappa shape index (κ1) is 78.0. The lowest BCUT2D eigenvalue weighted by molar-refractivity contribution is -0.167. The van der Waals surface area contributed by atoms with Gasteiger partial charge in [-0.25, -0.2) is 0 Å². The molecule has 0 saturated carbocycles. The first-order valence-corrected chi connectivity index (χ1v) is 34.0. The van der Waals surface area contributed by atoms with Crippen LogP contribution in [0.25, 0.3) is 0 Å². The average molecular weight is 1150 g/mol. The van der Waals surface area contributed by atoms with Crippen LogP contribution >= 0.6 is 0 Å². The molecule has 6 nitrogen and oxygen atoms in total. The number of ether oxygens (including phenoxy) is 3. The number of carbonyl (C=O) groups excluding carboxylic acids is 3. The summed E-state index contributed by atoms with van der Waals surface area (Å²) in [6, 6.07) is 0. The molecule has 0 bridgehead atoms. The van der Waals surface area contributed by atoms with E-state index in [0.717, 1.165) is 154 Å². The molecule has 0 spiro atoms. The molecule has 1 atom stereocenters. The van der Waals surface area contributed by atoms with E-state index in [1.807, 2.05) is 0 Å². The Morgan fingerprint density at radius 1 is 0.253 bits per heavy atom. The lowest BCUT2D eigenvalue weighted by Gasteiger charge is -2.18. The summed E-state index contributed by atoms with van der Waals surface area (Å²) in [5.41, 5.74) is 0. The Labute approximate surface area is 511 Å². The van der Waals surface area contributed by atoms with E-state index in [1.165, 1.54) is 89.9 Å². The SMILES string of the molecule is CC/C=C\C/C=C\C/C=C\C/C=C\C/C=C\C/C=C\C/C=C\C/C=C\C/C=C\C/C=C\CCCCC(=O)OCC(COC(=O)CCCCCCC/C=C\C/C=C\C/C=C\CC)OC(=O)CCCCCCCCCCCCCCCCCCC. The van der Waals surface area contributed by atoms with Crippen molar-refractivity contribution in [3.8, 4) is 0 Å². The molecule has 0 aromatic rings. The zero-order chi connectivity index (χ0) is 59.9. The molecule has 0 aromatic heterocycles. The highest BCUT2D eigenvalue weighted by molar-refractivity contribution is 5.71. The molecule has 0 rings (SSSR count). The molecule has 1 unspecified atom stereocenters. The van der Waals surface area contributed by atoms with Gasteiger partial charge in [0, 0.05) is 19.3 Å². The molecule has 6 heteroatoms. The van der Waals surface area contributed by atoms with Crippen molar-refractivity contribution in [3.63, 3.8) is 0 Å². The zero-order valence-corrected chi connectivity index (χ0v) is 53.7. The van der Waals surface area contributed by atoms with Crippen molar-refractivity contribution in [2.75, 3.05) is 13.2 Å². The van der Waals surface area contributed by atoms with Crippen LogP contribution in [0.3, 0.4) is 0 Å². The van der Waals surface area contributed by atoms with Crippen molar-refractivity contribution in [3.05, 3.63) is 158 Å². The van der Waals surface area contributed by atoms with Gasteiger partial charge in [0.1, 0.15) is 13.2 Å². The fourth-order valence-corrected chi connectivity index (χ4v) is 9.01. The van der Waals surface area contributed by atoms with Crippen molar-refractivity contribution >= 4 is 17.9 Å². The molecule has 0 aliphatic heterocycles. The summed E-state index contributed by atoms with van der Waals surface area (Å²) in [7, 11) is 0. The van der Waals surface area contributed by atoms with Crippen LogP contribution in [0.2, 0.25) is 0 Å². The molecule has 468 valence electrons. The molecule has 0 heterocycles. The average Bonchev–Trinajstić information content (AvgIpc) is 3.49. The summed E-state index contributed by atoms with van der Waals surface area (Å²) in [5.74, 6) is -0.961. The second-order valence-corrected chi connectivity index (χ2v) is 22.0. The van der Waals surface area contributed by atoms with Crippen molar-refractivity contribution in [1.29, 1.82) is 0 Å². The standard InChI is InChI=1S/C77H124O6/c1-4-7-10-13-16-19-22-25-28-30-31-32-33-34-35-36-37-38-39-40-41-42-43-44-45-47-49-52-55-58-61-64-67-70-76(79)82-73-74(72-81-75(78)69-66-63-60-57-54-51-48-27-24-21-18-15-12-9-6-3)83-77(80)71-68-65-62-59-56-53-50-46-29-26-23-20-17-14-11-8-5-2/h7,9-10,12,16,18-19,21,25,27-28,31-32,34-35,37-38,40-41,43-44,47-49,55,58,74H,4-6,8,11,13-15,17,20,22-24,26,29-30,33,36,39,42,45-46,50-54,56-57,59-73H2,1-3H3/b10-7-,12-9-,19-16-,21-18-,28-25-,32-31-,35-34-,38-37-,41-40-,44-43-,48-27-,49-47-,58-55-. The lowest BCUT2D eigenvalue weighted by atomic mass is 10.0. The molecular weight excluding hydrogens is 1020 g/mol. The van der Waals surface area contributed by atoms with Crippen LogP contribution in [0.5, 0.6) is 0 Å². The summed E-state index contributed by atoms with van der Waals surface area (Å²) in [6.07, 6.45) is 101. The van der Waals surface area contributed by atoms with Crippen LogP contribution in [-0.4, -0.2) is 37.2 Å². The largest absolute Gasteiger partial charge is 0.462 e. The van der Waals surface area contributed by atoms with Crippen LogP contribution in [0.4, 0.5) is 0 Å². The van der Waals surface area contributed by atoms with Crippen LogP contribution in [0.1, 0.15) is 290 Å². The van der Waals surface area contributed by atoms with Crippen LogP contribution < -0.4 is 0 Å². The number of carbonyl (C=O) groups is 3. The van der Waals surface area contributed by atoms with E-state index in [-0.39, 0.29) is 31.1 Å². The second kappa shape index (κ2) is 69.5. The van der Waals surface area contributed by atoms with Gasteiger partial charge in [-0.3, -0.25) is 14.4 Å². The summed E-state index contributed by atoms with van der Waals surface area (Å²) in [4.78, 5) is 38.4. The van der Waals surface area contributed by atoms with Gasteiger partial charge >= 0.3 is 17.9 Å². The quantitative estimate of drug-likeness (QED) is 0.0261. The highest BCUT2D eigenvalue weighted by Crippen LogP contribution is 2.16. The third-order valence-electron chi connectivity index (χ3n) is 14.0.